The van der Waals surface area contributed by atoms with E-state index in [2.05, 4.69) is 61.0 Å². The van der Waals surface area contributed by atoms with Crippen LogP contribution in [0.25, 0.3) is 0 Å². The first-order chi connectivity index (χ1) is 23.1. The van der Waals surface area contributed by atoms with E-state index in [1.165, 1.54) is 107 Å². The third-order valence-corrected chi connectivity index (χ3v) is 11.5. The third kappa shape index (κ3) is 9.09. The molecule has 6 nitrogen and oxygen atoms in total. The maximum Gasteiger partial charge on any atom is 0.206 e. The van der Waals surface area contributed by atoms with Crippen molar-refractivity contribution in [1.82, 2.24) is 10.2 Å². The maximum absolute atomic E-state index is 12.2. The fraction of sp³-hybridized carbons (Fsp3) is 0.634. The molecule has 2 heterocycles. The molecule has 1 saturated heterocycles. The molecular weight excluding hydrogens is 616 g/mol. The van der Waals surface area contributed by atoms with Crippen LogP contribution in [-0.2, 0) is 10.2 Å². The van der Waals surface area contributed by atoms with Gasteiger partial charge in [-0.05, 0) is 98.2 Å². The molecule has 0 bridgehead atoms. The number of nitrogens with one attached hydrogen (secondary N) is 1. The Hall–Kier alpha value is -2.70. The summed E-state index contributed by atoms with van der Waals surface area (Å²) in [6, 6.07) is 13.0. The van der Waals surface area contributed by atoms with E-state index in [0.717, 1.165) is 36.6 Å². The first-order valence-corrected chi connectivity index (χ1v) is 19.0. The predicted molar refractivity (Wildman–Crippen MR) is 203 cm³/mol. The molecule has 4 aliphatic rings. The molecule has 0 radical (unpaired) electrons. The highest BCUT2D eigenvalue weighted by atomic mass is 35.5. The molecule has 7 heteroatoms. The lowest BCUT2D eigenvalue weighted by atomic mass is 9.69. The summed E-state index contributed by atoms with van der Waals surface area (Å²) in [5.74, 6) is 2.58. The van der Waals surface area contributed by atoms with Gasteiger partial charge in [0.15, 0.2) is 6.29 Å². The highest BCUT2D eigenvalue weighted by Crippen LogP contribution is 2.54. The van der Waals surface area contributed by atoms with Crippen LogP contribution >= 0.6 is 11.6 Å². The Morgan fingerprint density at radius 1 is 0.938 bits per heavy atom. The summed E-state index contributed by atoms with van der Waals surface area (Å²) >= 11 is 6.54. The van der Waals surface area contributed by atoms with Crippen LogP contribution < -0.4 is 10.2 Å². The topological polar surface area (TPSA) is 65.0 Å². The SMILES string of the molecule is CCC(C)(C)C.CN=C1N(c2cccc(Cl)c2C=O)c2cc(C3CCN(CC4CCCCC4)CC3)ccc2C12CCCCC2.CNC=O. The summed E-state index contributed by atoms with van der Waals surface area (Å²) in [5, 5.41) is 2.75. The van der Waals surface area contributed by atoms with Gasteiger partial charge in [-0.2, -0.15) is 0 Å². The number of aliphatic imine (C=N–C) groups is 1. The second-order valence-electron chi connectivity index (χ2n) is 15.5. The number of carbonyl (C=O) groups excluding carboxylic acids is 2. The van der Waals surface area contributed by atoms with E-state index in [1.807, 2.05) is 25.2 Å². The van der Waals surface area contributed by atoms with Gasteiger partial charge in [0.05, 0.1) is 27.4 Å². The number of carbonyl (C=O) groups is 2. The minimum atomic E-state index is -0.0767. The lowest BCUT2D eigenvalue weighted by Gasteiger charge is -2.36. The van der Waals surface area contributed by atoms with Crippen molar-refractivity contribution in [2.24, 2.45) is 16.3 Å². The van der Waals surface area contributed by atoms with Crippen LogP contribution in [0.2, 0.25) is 5.02 Å². The van der Waals surface area contributed by atoms with Crippen LogP contribution in [0.5, 0.6) is 0 Å². The zero-order valence-corrected chi connectivity index (χ0v) is 31.4. The van der Waals surface area contributed by atoms with Crippen LogP contribution in [0.15, 0.2) is 41.4 Å². The average Bonchev–Trinajstić information content (AvgIpc) is 3.36. The van der Waals surface area contributed by atoms with Gasteiger partial charge in [0, 0.05) is 20.6 Å². The van der Waals surface area contributed by atoms with Gasteiger partial charge in [0.25, 0.3) is 0 Å². The highest BCUT2D eigenvalue weighted by Gasteiger charge is 2.50. The van der Waals surface area contributed by atoms with Crippen LogP contribution in [0, 0.1) is 11.3 Å². The Morgan fingerprint density at radius 2 is 1.56 bits per heavy atom. The number of hydrogen-bond acceptors (Lipinski definition) is 4. The molecule has 0 atom stereocenters. The summed E-state index contributed by atoms with van der Waals surface area (Å²) in [4.78, 5) is 31.2. The minimum absolute atomic E-state index is 0.0767. The van der Waals surface area contributed by atoms with Crippen molar-refractivity contribution in [1.29, 1.82) is 0 Å². The lowest BCUT2D eigenvalue weighted by Crippen LogP contribution is -2.40. The highest BCUT2D eigenvalue weighted by molar-refractivity contribution is 6.34. The number of benzene rings is 2. The van der Waals surface area contributed by atoms with Gasteiger partial charge in [-0.3, -0.25) is 19.5 Å². The number of amidine groups is 1. The van der Waals surface area contributed by atoms with Crippen molar-refractivity contribution in [3.63, 3.8) is 0 Å². The average molecular weight is 677 g/mol. The number of hydrogen-bond donors (Lipinski definition) is 1. The van der Waals surface area contributed by atoms with E-state index >= 15 is 0 Å². The van der Waals surface area contributed by atoms with Gasteiger partial charge in [-0.25, -0.2) is 0 Å². The van der Waals surface area contributed by atoms with E-state index in [9.17, 15) is 4.79 Å². The molecule has 1 N–H and O–H groups in total. The van der Waals surface area contributed by atoms with E-state index in [1.54, 1.807) is 7.05 Å². The monoisotopic (exact) mass is 676 g/mol. The number of fused-ring (bicyclic) bond motifs is 2. The molecule has 2 aromatic carbocycles. The quantitative estimate of drug-likeness (QED) is 0.309. The number of amides is 1. The number of anilines is 2. The van der Waals surface area contributed by atoms with Gasteiger partial charge >= 0.3 is 0 Å². The summed E-state index contributed by atoms with van der Waals surface area (Å²) in [6.45, 7) is 12.6. The first-order valence-electron chi connectivity index (χ1n) is 18.6. The van der Waals surface area contributed by atoms with E-state index in [-0.39, 0.29) is 5.41 Å². The number of halogens is 1. The fourth-order valence-corrected chi connectivity index (χ4v) is 8.28. The zero-order valence-electron chi connectivity index (χ0n) is 30.6. The van der Waals surface area contributed by atoms with Crippen molar-refractivity contribution in [2.75, 3.05) is 38.6 Å². The smallest absolute Gasteiger partial charge is 0.206 e. The molecule has 0 aromatic heterocycles. The van der Waals surface area contributed by atoms with Crippen molar-refractivity contribution >= 4 is 41.5 Å². The normalized spacial score (nSPS) is 20.7. The number of piperidine rings is 1. The van der Waals surface area contributed by atoms with Crippen molar-refractivity contribution < 1.29 is 9.59 Å². The fourth-order valence-electron chi connectivity index (χ4n) is 8.07. The predicted octanol–water partition coefficient (Wildman–Crippen LogP) is 10.1. The Morgan fingerprint density at radius 3 is 2.12 bits per heavy atom. The van der Waals surface area contributed by atoms with Gasteiger partial charge < -0.3 is 10.2 Å². The largest absolute Gasteiger partial charge is 0.362 e. The van der Waals surface area contributed by atoms with Crippen molar-refractivity contribution in [2.45, 2.75) is 122 Å². The molecule has 264 valence electrons. The van der Waals surface area contributed by atoms with Crippen LogP contribution in [-0.4, -0.2) is 57.2 Å². The molecule has 2 aliphatic heterocycles. The van der Waals surface area contributed by atoms with Crippen LogP contribution in [0.1, 0.15) is 139 Å². The molecule has 1 spiro atoms. The van der Waals surface area contributed by atoms with E-state index in [4.69, 9.17) is 21.4 Å². The molecule has 3 fully saturated rings. The first kappa shape index (κ1) is 38.1. The molecule has 2 aliphatic carbocycles. The second-order valence-corrected chi connectivity index (χ2v) is 15.9. The maximum atomic E-state index is 12.2. The molecular formula is C41H61ClN4O2. The summed E-state index contributed by atoms with van der Waals surface area (Å²) in [5.41, 5.74) is 5.90. The van der Waals surface area contributed by atoms with Crippen LogP contribution in [0.3, 0.4) is 0 Å². The second kappa shape index (κ2) is 17.8. The Labute approximate surface area is 296 Å². The number of aldehydes is 1. The van der Waals surface area contributed by atoms with Gasteiger partial charge in [0.2, 0.25) is 6.41 Å². The molecule has 2 aromatic rings. The van der Waals surface area contributed by atoms with Gasteiger partial charge in [-0.1, -0.05) is 102 Å². The summed E-state index contributed by atoms with van der Waals surface area (Å²) < 4.78 is 0. The van der Waals surface area contributed by atoms with Crippen molar-refractivity contribution in [3.8, 4) is 0 Å². The number of likely N-dealkylation sites (tertiary alicyclic amines) is 1. The van der Waals surface area contributed by atoms with Crippen LogP contribution in [0.4, 0.5) is 11.4 Å². The molecule has 1 amide bonds. The number of rotatable bonds is 6. The Balaban J connectivity index is 0.000000458. The Bertz CT molecular complexity index is 1360. The molecule has 6 rings (SSSR count). The summed E-state index contributed by atoms with van der Waals surface area (Å²) in [7, 11) is 3.48. The molecule has 48 heavy (non-hydrogen) atoms. The minimum Gasteiger partial charge on any atom is -0.362 e. The van der Waals surface area contributed by atoms with Gasteiger partial charge in [-0.15, -0.1) is 0 Å². The number of nitrogens with zero attached hydrogens (tertiary/aromatic N) is 3. The standard InChI is InChI=1S/C33H42ClN3O.C6H14.C2H5NO/c1-35-32-33(17-6-3-7-18-33)28-14-13-26(21-31(28)37(32)30-12-8-11-29(34)27(30)23-38)25-15-19-36(20-16-25)22-24-9-4-2-5-10-24;1-5-6(2,3)4;1-3-2-4/h8,11-14,21,23-25H,2-7,9-10,15-20,22H2,1H3;5H2,1-4H3;2H,1H3,(H,3,4). The lowest BCUT2D eigenvalue weighted by molar-refractivity contribution is -0.109. The molecule has 2 saturated carbocycles. The van der Waals surface area contributed by atoms with E-state index < -0.39 is 0 Å². The Kier molecular flexibility index (Phi) is 14.1. The van der Waals surface area contributed by atoms with Crippen molar-refractivity contribution in [3.05, 3.63) is 58.1 Å². The summed E-state index contributed by atoms with van der Waals surface area (Å²) in [6.07, 6.45) is 18.3. The van der Waals surface area contributed by atoms with E-state index in [0.29, 0.717) is 28.3 Å². The molecule has 0 unspecified atom stereocenters. The zero-order chi connectivity index (χ0) is 34.7. The third-order valence-electron chi connectivity index (χ3n) is 11.2. The van der Waals surface area contributed by atoms with Gasteiger partial charge in [0.1, 0.15) is 5.84 Å².